The molecule has 7 nitrogen and oxygen atoms in total. The van der Waals surface area contributed by atoms with E-state index in [9.17, 15) is 14.4 Å². The third-order valence-corrected chi connectivity index (χ3v) is 6.14. The molecule has 0 radical (unpaired) electrons. The smallest absolute Gasteiger partial charge is 0.324 e. The molecule has 1 atom stereocenters. The number of nitriles is 1. The Morgan fingerprint density at radius 1 is 1.12 bits per heavy atom. The van der Waals surface area contributed by atoms with Gasteiger partial charge in [-0.25, -0.2) is 4.79 Å². The number of anilines is 2. The summed E-state index contributed by atoms with van der Waals surface area (Å²) in [6.07, 6.45) is 0.857. The second kappa shape index (κ2) is 11.0. The van der Waals surface area contributed by atoms with Gasteiger partial charge in [-0.2, -0.15) is 5.26 Å². The summed E-state index contributed by atoms with van der Waals surface area (Å²) in [7, 11) is 0. The highest BCUT2D eigenvalue weighted by molar-refractivity contribution is 5.96. The number of urea groups is 1. The van der Waals surface area contributed by atoms with Crippen LogP contribution in [-0.2, 0) is 22.6 Å². The maximum absolute atomic E-state index is 12.6. The molecule has 34 heavy (non-hydrogen) atoms. The summed E-state index contributed by atoms with van der Waals surface area (Å²) in [5.41, 5.74) is 4.93. The molecule has 1 N–H and O–H groups in total. The van der Waals surface area contributed by atoms with Crippen molar-refractivity contribution in [2.24, 2.45) is 5.92 Å². The molecule has 0 fully saturated rings. The predicted molar refractivity (Wildman–Crippen MR) is 133 cm³/mol. The Kier molecular flexibility index (Phi) is 8.06. The second-order valence-electron chi connectivity index (χ2n) is 8.92. The maximum Gasteiger partial charge on any atom is 0.324 e. The standard InChI is InChI=1S/C27H32N4O3/c1-5-30-17-22-15-23(9-10-25(22)31(6-2)27(30)34)29-26(33)12-18(3)11-24(32)14-20-7-8-21(16-28)19(4)13-20/h7-10,13,15,18H,5-6,11-12,14,17H2,1-4H3,(H,29,33). The molecule has 3 amide bonds. The van der Waals surface area contributed by atoms with E-state index in [1.165, 1.54) is 0 Å². The van der Waals surface area contributed by atoms with E-state index in [4.69, 9.17) is 5.26 Å². The number of fused-ring (bicyclic) bond motifs is 1. The summed E-state index contributed by atoms with van der Waals surface area (Å²) in [5.74, 6) is -0.156. The third-order valence-electron chi connectivity index (χ3n) is 6.14. The van der Waals surface area contributed by atoms with Crippen LogP contribution < -0.4 is 10.2 Å². The van der Waals surface area contributed by atoms with Crippen molar-refractivity contribution in [2.45, 2.75) is 53.5 Å². The molecule has 0 saturated carbocycles. The molecule has 7 heteroatoms. The van der Waals surface area contributed by atoms with Gasteiger partial charge in [0.05, 0.1) is 17.3 Å². The van der Waals surface area contributed by atoms with Crippen molar-refractivity contribution < 1.29 is 14.4 Å². The first-order valence-corrected chi connectivity index (χ1v) is 11.8. The molecule has 0 aliphatic carbocycles. The van der Waals surface area contributed by atoms with Crippen LogP contribution in [-0.4, -0.2) is 35.7 Å². The van der Waals surface area contributed by atoms with E-state index in [2.05, 4.69) is 11.4 Å². The third kappa shape index (κ3) is 5.82. The van der Waals surface area contributed by atoms with E-state index < -0.39 is 0 Å². The molecule has 0 aromatic heterocycles. The lowest BCUT2D eigenvalue weighted by molar-refractivity contribution is -0.120. The number of hydrogen-bond acceptors (Lipinski definition) is 4. The number of ketones is 1. The zero-order valence-corrected chi connectivity index (χ0v) is 20.4. The number of carbonyl (C=O) groups is 3. The van der Waals surface area contributed by atoms with Crippen LogP contribution in [0, 0.1) is 24.2 Å². The van der Waals surface area contributed by atoms with Gasteiger partial charge in [0, 0.05) is 44.6 Å². The minimum absolute atomic E-state index is 0.00365. The number of nitrogens with one attached hydrogen (secondary N) is 1. The Balaban J connectivity index is 1.56. The van der Waals surface area contributed by atoms with Crippen LogP contribution in [0.4, 0.5) is 16.2 Å². The van der Waals surface area contributed by atoms with Crippen molar-refractivity contribution in [3.63, 3.8) is 0 Å². The lowest BCUT2D eigenvalue weighted by Crippen LogP contribution is -2.46. The normalized spacial score (nSPS) is 13.8. The number of hydrogen-bond donors (Lipinski definition) is 1. The van der Waals surface area contributed by atoms with E-state index in [0.29, 0.717) is 43.7 Å². The predicted octanol–water partition coefficient (Wildman–Crippen LogP) is 4.82. The number of benzene rings is 2. The van der Waals surface area contributed by atoms with Crippen molar-refractivity contribution in [3.05, 3.63) is 58.7 Å². The molecule has 1 unspecified atom stereocenters. The first kappa shape index (κ1) is 25.0. The first-order valence-electron chi connectivity index (χ1n) is 11.8. The average molecular weight is 461 g/mol. The zero-order chi connectivity index (χ0) is 24.8. The highest BCUT2D eigenvalue weighted by Gasteiger charge is 2.28. The van der Waals surface area contributed by atoms with Crippen molar-refractivity contribution in [3.8, 4) is 6.07 Å². The lowest BCUT2D eigenvalue weighted by Gasteiger charge is -2.36. The van der Waals surface area contributed by atoms with Gasteiger partial charge in [-0.3, -0.25) is 14.5 Å². The molecule has 178 valence electrons. The largest absolute Gasteiger partial charge is 0.326 e. The van der Waals surface area contributed by atoms with E-state index in [1.807, 2.05) is 58.0 Å². The molecule has 0 spiro atoms. The second-order valence-corrected chi connectivity index (χ2v) is 8.92. The minimum atomic E-state index is -0.138. The van der Waals surface area contributed by atoms with Crippen molar-refractivity contribution in [1.29, 1.82) is 5.26 Å². The fourth-order valence-electron chi connectivity index (χ4n) is 4.40. The van der Waals surface area contributed by atoms with Gasteiger partial charge in [0.25, 0.3) is 0 Å². The van der Waals surface area contributed by atoms with Gasteiger partial charge in [-0.15, -0.1) is 0 Å². The number of aryl methyl sites for hydroxylation is 1. The van der Waals surface area contributed by atoms with Gasteiger partial charge < -0.3 is 10.2 Å². The van der Waals surface area contributed by atoms with Crippen LogP contribution in [0.25, 0.3) is 0 Å². The topological polar surface area (TPSA) is 93.5 Å². The van der Waals surface area contributed by atoms with Crippen molar-refractivity contribution in [2.75, 3.05) is 23.3 Å². The molecule has 3 rings (SSSR count). The summed E-state index contributed by atoms with van der Waals surface area (Å²) in [6, 6.07) is 13.2. The summed E-state index contributed by atoms with van der Waals surface area (Å²) in [6.45, 7) is 9.39. The molecular formula is C27H32N4O3. The van der Waals surface area contributed by atoms with E-state index in [-0.39, 0.29) is 30.1 Å². The van der Waals surface area contributed by atoms with Crippen LogP contribution >= 0.6 is 0 Å². The fourth-order valence-corrected chi connectivity index (χ4v) is 4.40. The highest BCUT2D eigenvalue weighted by atomic mass is 16.2. The molecular weight excluding hydrogens is 428 g/mol. The summed E-state index contributed by atoms with van der Waals surface area (Å²) in [5, 5.41) is 12.0. The molecule has 1 aliphatic heterocycles. The maximum atomic E-state index is 12.6. The molecule has 0 saturated heterocycles. The summed E-state index contributed by atoms with van der Waals surface area (Å²) < 4.78 is 0. The van der Waals surface area contributed by atoms with Crippen LogP contribution in [0.15, 0.2) is 36.4 Å². The quantitative estimate of drug-likeness (QED) is 0.581. The van der Waals surface area contributed by atoms with Crippen molar-refractivity contribution >= 4 is 29.1 Å². The first-order chi connectivity index (χ1) is 16.2. The van der Waals surface area contributed by atoms with Crippen LogP contribution in [0.3, 0.4) is 0 Å². The Hall–Kier alpha value is -3.66. The molecule has 2 aromatic rings. The minimum Gasteiger partial charge on any atom is -0.326 e. The molecule has 2 aromatic carbocycles. The van der Waals surface area contributed by atoms with Crippen molar-refractivity contribution in [1.82, 2.24) is 4.90 Å². The van der Waals surface area contributed by atoms with E-state index in [0.717, 1.165) is 22.4 Å². The molecule has 1 heterocycles. The Morgan fingerprint density at radius 2 is 1.88 bits per heavy atom. The number of Topliss-reactive ketones (excluding diaryl/α,β-unsaturated/α-hetero) is 1. The number of rotatable bonds is 9. The average Bonchev–Trinajstić information content (AvgIpc) is 2.78. The van der Waals surface area contributed by atoms with Crippen LogP contribution in [0.2, 0.25) is 0 Å². The van der Waals surface area contributed by atoms with Gasteiger partial charge in [-0.1, -0.05) is 19.1 Å². The number of amides is 3. The van der Waals surface area contributed by atoms with E-state index in [1.54, 1.807) is 15.9 Å². The highest BCUT2D eigenvalue weighted by Crippen LogP contribution is 2.31. The van der Waals surface area contributed by atoms with Crippen LogP contribution in [0.1, 0.15) is 55.9 Å². The molecule has 0 bridgehead atoms. The van der Waals surface area contributed by atoms with E-state index >= 15 is 0 Å². The fraction of sp³-hybridized carbons (Fsp3) is 0.407. The summed E-state index contributed by atoms with van der Waals surface area (Å²) >= 11 is 0. The SMILES string of the molecule is CCN1Cc2cc(NC(=O)CC(C)CC(=O)Cc3ccc(C#N)c(C)c3)ccc2N(CC)C1=O. The monoisotopic (exact) mass is 460 g/mol. The Bertz CT molecular complexity index is 1140. The number of nitrogens with zero attached hydrogens (tertiary/aromatic N) is 3. The van der Waals surface area contributed by atoms with Crippen LogP contribution in [0.5, 0.6) is 0 Å². The van der Waals surface area contributed by atoms with Gasteiger partial charge in [0.2, 0.25) is 5.91 Å². The Labute approximate surface area is 201 Å². The lowest BCUT2D eigenvalue weighted by atomic mass is 9.95. The van der Waals surface area contributed by atoms with Gasteiger partial charge in [0.15, 0.2) is 0 Å². The zero-order valence-electron chi connectivity index (χ0n) is 20.4. The molecule has 1 aliphatic rings. The number of carbonyl (C=O) groups excluding carboxylic acids is 3. The van der Waals surface area contributed by atoms with Gasteiger partial charge in [-0.05, 0) is 67.6 Å². The van der Waals surface area contributed by atoms with Gasteiger partial charge >= 0.3 is 6.03 Å². The Morgan fingerprint density at radius 3 is 2.53 bits per heavy atom. The summed E-state index contributed by atoms with van der Waals surface area (Å²) in [4.78, 5) is 41.2. The van der Waals surface area contributed by atoms with Gasteiger partial charge in [0.1, 0.15) is 5.78 Å².